The van der Waals surface area contributed by atoms with Gasteiger partial charge < -0.3 is 18.9 Å². The normalized spacial score (nSPS) is 16.1. The van der Waals surface area contributed by atoms with Gasteiger partial charge in [-0.2, -0.15) is 0 Å². The maximum absolute atomic E-state index is 14.0. The zero-order valence-corrected chi connectivity index (χ0v) is 16.2. The second-order valence-electron chi connectivity index (χ2n) is 6.83. The molecule has 0 aliphatic carbocycles. The van der Waals surface area contributed by atoms with Gasteiger partial charge in [0.1, 0.15) is 5.82 Å². The van der Waals surface area contributed by atoms with Crippen molar-refractivity contribution in [3.8, 4) is 22.8 Å². The first-order valence-electron chi connectivity index (χ1n) is 9.37. The van der Waals surface area contributed by atoms with Gasteiger partial charge in [-0.05, 0) is 42.7 Å². The van der Waals surface area contributed by atoms with Gasteiger partial charge in [0.25, 0.3) is 5.91 Å². The zero-order valence-electron chi connectivity index (χ0n) is 16.2. The van der Waals surface area contributed by atoms with Crippen molar-refractivity contribution in [2.24, 2.45) is 0 Å². The van der Waals surface area contributed by atoms with Gasteiger partial charge in [0, 0.05) is 12.6 Å². The molecule has 4 rings (SSSR count). The molecule has 6 nitrogen and oxygen atoms in total. The average molecular weight is 396 g/mol. The third-order valence-corrected chi connectivity index (χ3v) is 5.17. The number of amides is 1. The lowest BCUT2D eigenvalue weighted by Crippen LogP contribution is -2.30. The molecule has 1 aromatic heterocycles. The summed E-state index contributed by atoms with van der Waals surface area (Å²) in [6.07, 6.45) is 1.71. The first-order valence-corrected chi connectivity index (χ1v) is 9.37. The molecule has 0 bridgehead atoms. The monoisotopic (exact) mass is 396 g/mol. The second kappa shape index (κ2) is 7.95. The minimum atomic E-state index is -0.424. The lowest BCUT2D eigenvalue weighted by atomic mass is 10.0. The van der Waals surface area contributed by atoms with Crippen molar-refractivity contribution in [1.29, 1.82) is 0 Å². The van der Waals surface area contributed by atoms with E-state index in [2.05, 4.69) is 5.16 Å². The summed E-state index contributed by atoms with van der Waals surface area (Å²) in [7, 11) is 3.17. The van der Waals surface area contributed by atoms with Crippen LogP contribution in [0.4, 0.5) is 4.39 Å². The van der Waals surface area contributed by atoms with Gasteiger partial charge in [0.15, 0.2) is 23.0 Å². The van der Waals surface area contributed by atoms with E-state index in [4.69, 9.17) is 14.0 Å². The molecule has 1 atom stereocenters. The molecule has 1 aliphatic heterocycles. The summed E-state index contributed by atoms with van der Waals surface area (Å²) >= 11 is 0. The van der Waals surface area contributed by atoms with E-state index in [1.165, 1.54) is 12.1 Å². The summed E-state index contributed by atoms with van der Waals surface area (Å²) in [6.45, 7) is 0.611. The third-order valence-electron chi connectivity index (χ3n) is 5.17. The molecule has 2 aromatic carbocycles. The molecular formula is C22H21FN2O4. The molecule has 0 spiro atoms. The van der Waals surface area contributed by atoms with E-state index < -0.39 is 5.82 Å². The topological polar surface area (TPSA) is 64.8 Å². The number of likely N-dealkylation sites (tertiary alicyclic amines) is 1. The summed E-state index contributed by atoms with van der Waals surface area (Å²) in [6, 6.07) is 13.3. The average Bonchev–Trinajstić information content (AvgIpc) is 3.43. The predicted molar refractivity (Wildman–Crippen MR) is 104 cm³/mol. The SMILES string of the molecule is COc1ccc([C@@H]2CCCN2C(=O)c2cc(-c3ccccc3F)on2)cc1OC. The number of benzene rings is 2. The fourth-order valence-electron chi connectivity index (χ4n) is 3.73. The number of rotatable bonds is 5. The Hall–Kier alpha value is -3.35. The molecule has 29 heavy (non-hydrogen) atoms. The quantitative estimate of drug-likeness (QED) is 0.636. The first-order chi connectivity index (χ1) is 14.1. The Kier molecular flexibility index (Phi) is 5.20. The van der Waals surface area contributed by atoms with Gasteiger partial charge in [-0.15, -0.1) is 0 Å². The van der Waals surface area contributed by atoms with E-state index in [0.717, 1.165) is 18.4 Å². The number of carbonyl (C=O) groups excluding carboxylic acids is 1. The van der Waals surface area contributed by atoms with Gasteiger partial charge in [0.2, 0.25) is 0 Å². The van der Waals surface area contributed by atoms with Crippen LogP contribution in [0.2, 0.25) is 0 Å². The fourth-order valence-corrected chi connectivity index (χ4v) is 3.73. The Morgan fingerprint density at radius 3 is 2.69 bits per heavy atom. The molecule has 7 heteroatoms. The zero-order chi connectivity index (χ0) is 20.4. The van der Waals surface area contributed by atoms with Gasteiger partial charge in [-0.25, -0.2) is 4.39 Å². The molecule has 0 radical (unpaired) electrons. The number of carbonyl (C=O) groups is 1. The number of aromatic nitrogens is 1. The second-order valence-corrected chi connectivity index (χ2v) is 6.83. The standard InChI is InChI=1S/C22H21FN2O4/c1-27-19-10-9-14(12-21(19)28-2)18-8-5-11-25(18)22(26)17-13-20(29-24-17)15-6-3-4-7-16(15)23/h3-4,6-7,9-10,12-13,18H,5,8,11H2,1-2H3/t18-/m0/s1. The summed E-state index contributed by atoms with van der Waals surface area (Å²) < 4.78 is 29.9. The molecular weight excluding hydrogens is 375 g/mol. The molecule has 2 heterocycles. The van der Waals surface area contributed by atoms with Crippen LogP contribution in [0.5, 0.6) is 11.5 Å². The Balaban J connectivity index is 1.60. The fraction of sp³-hybridized carbons (Fsp3) is 0.273. The van der Waals surface area contributed by atoms with Gasteiger partial charge in [-0.1, -0.05) is 23.4 Å². The summed E-state index contributed by atoms with van der Waals surface area (Å²) in [5, 5.41) is 3.89. The minimum absolute atomic E-state index is 0.101. The van der Waals surface area contributed by atoms with Crippen LogP contribution >= 0.6 is 0 Å². The van der Waals surface area contributed by atoms with E-state index in [0.29, 0.717) is 18.0 Å². The maximum Gasteiger partial charge on any atom is 0.276 e. The van der Waals surface area contributed by atoms with Crippen molar-refractivity contribution < 1.29 is 23.2 Å². The van der Waals surface area contributed by atoms with Crippen molar-refractivity contribution in [2.45, 2.75) is 18.9 Å². The number of halogens is 1. The summed E-state index contributed by atoms with van der Waals surface area (Å²) in [5.74, 6) is 0.819. The highest BCUT2D eigenvalue weighted by Gasteiger charge is 2.33. The minimum Gasteiger partial charge on any atom is -0.493 e. The van der Waals surface area contributed by atoms with E-state index in [9.17, 15) is 9.18 Å². The highest BCUT2D eigenvalue weighted by molar-refractivity contribution is 5.93. The van der Waals surface area contributed by atoms with Crippen LogP contribution in [0.3, 0.4) is 0 Å². The van der Waals surface area contributed by atoms with Crippen LogP contribution in [-0.4, -0.2) is 36.7 Å². The van der Waals surface area contributed by atoms with Crippen LogP contribution < -0.4 is 9.47 Å². The Bertz CT molecular complexity index is 1030. The van der Waals surface area contributed by atoms with Crippen molar-refractivity contribution >= 4 is 5.91 Å². The number of nitrogens with zero attached hydrogens (tertiary/aromatic N) is 2. The smallest absolute Gasteiger partial charge is 0.276 e. The number of methoxy groups -OCH3 is 2. The van der Waals surface area contributed by atoms with Crippen molar-refractivity contribution in [1.82, 2.24) is 10.1 Å². The molecule has 1 amide bonds. The van der Waals surface area contributed by atoms with E-state index in [-0.39, 0.29) is 29.0 Å². The Morgan fingerprint density at radius 2 is 1.93 bits per heavy atom. The molecule has 0 saturated carbocycles. The van der Waals surface area contributed by atoms with Crippen LogP contribution in [0.1, 0.15) is 34.9 Å². The van der Waals surface area contributed by atoms with Crippen molar-refractivity contribution in [2.75, 3.05) is 20.8 Å². The predicted octanol–water partition coefficient (Wildman–Crippen LogP) is 4.48. The van der Waals surface area contributed by atoms with E-state index in [1.54, 1.807) is 37.3 Å². The molecule has 0 unspecified atom stereocenters. The highest BCUT2D eigenvalue weighted by Crippen LogP contribution is 2.37. The largest absolute Gasteiger partial charge is 0.493 e. The van der Waals surface area contributed by atoms with Crippen LogP contribution in [0, 0.1) is 5.82 Å². The Morgan fingerprint density at radius 1 is 1.14 bits per heavy atom. The molecule has 0 N–H and O–H groups in total. The summed E-state index contributed by atoms with van der Waals surface area (Å²) in [5.41, 5.74) is 1.40. The van der Waals surface area contributed by atoms with E-state index >= 15 is 0 Å². The van der Waals surface area contributed by atoms with Crippen molar-refractivity contribution in [3.63, 3.8) is 0 Å². The van der Waals surface area contributed by atoms with Gasteiger partial charge in [0.05, 0.1) is 25.8 Å². The summed E-state index contributed by atoms with van der Waals surface area (Å²) in [4.78, 5) is 14.9. The molecule has 1 saturated heterocycles. The van der Waals surface area contributed by atoms with Crippen LogP contribution in [0.15, 0.2) is 53.1 Å². The first kappa shape index (κ1) is 19.0. The number of hydrogen-bond acceptors (Lipinski definition) is 5. The lowest BCUT2D eigenvalue weighted by molar-refractivity contribution is 0.0725. The van der Waals surface area contributed by atoms with Crippen LogP contribution in [-0.2, 0) is 0 Å². The Labute approximate surface area is 167 Å². The van der Waals surface area contributed by atoms with Gasteiger partial charge in [-0.3, -0.25) is 4.79 Å². The van der Waals surface area contributed by atoms with Crippen molar-refractivity contribution in [3.05, 3.63) is 65.6 Å². The number of ether oxygens (including phenoxy) is 2. The van der Waals surface area contributed by atoms with E-state index in [1.807, 2.05) is 18.2 Å². The molecule has 1 aliphatic rings. The molecule has 3 aromatic rings. The lowest BCUT2D eigenvalue weighted by Gasteiger charge is -2.24. The number of hydrogen-bond donors (Lipinski definition) is 0. The highest BCUT2D eigenvalue weighted by atomic mass is 19.1. The molecule has 1 fully saturated rings. The molecule has 150 valence electrons. The third kappa shape index (κ3) is 3.55. The maximum atomic E-state index is 14.0. The van der Waals surface area contributed by atoms with Crippen LogP contribution in [0.25, 0.3) is 11.3 Å². The van der Waals surface area contributed by atoms with Gasteiger partial charge >= 0.3 is 0 Å².